The average molecular weight is 406 g/mol. The van der Waals surface area contributed by atoms with Crippen LogP contribution in [-0.4, -0.2) is 20.2 Å². The van der Waals surface area contributed by atoms with Crippen LogP contribution in [0.3, 0.4) is 0 Å². The van der Waals surface area contributed by atoms with Gasteiger partial charge >= 0.3 is 5.97 Å². The van der Waals surface area contributed by atoms with Gasteiger partial charge in [0.25, 0.3) is 0 Å². The first-order valence-corrected chi connectivity index (χ1v) is 9.58. The molecular weight excluding hydrogens is 380 g/mol. The van der Waals surface area contributed by atoms with Crippen LogP contribution in [0.15, 0.2) is 66.5 Å². The maximum Gasteiger partial charge on any atom is 0.331 e. The first-order chi connectivity index (χ1) is 14.5. The fourth-order valence-corrected chi connectivity index (χ4v) is 3.28. The van der Waals surface area contributed by atoms with Gasteiger partial charge in [0.05, 0.1) is 14.2 Å². The van der Waals surface area contributed by atoms with Crippen LogP contribution in [0.25, 0.3) is 6.08 Å². The lowest BCUT2D eigenvalue weighted by atomic mass is 9.91. The minimum atomic E-state index is -0.463. The number of rotatable bonds is 7. The minimum absolute atomic E-state index is 0.0967. The lowest BCUT2D eigenvalue weighted by Gasteiger charge is -2.17. The van der Waals surface area contributed by atoms with E-state index in [-0.39, 0.29) is 12.5 Å². The van der Waals surface area contributed by atoms with E-state index in [0.29, 0.717) is 17.1 Å². The van der Waals surface area contributed by atoms with Crippen molar-refractivity contribution in [3.8, 4) is 5.75 Å². The Hall–Kier alpha value is -3.67. The van der Waals surface area contributed by atoms with E-state index >= 15 is 0 Å². The second-order valence-corrected chi connectivity index (χ2v) is 6.96. The first-order valence-electron chi connectivity index (χ1n) is 9.58. The molecule has 4 N–H and O–H groups in total. The van der Waals surface area contributed by atoms with Crippen molar-refractivity contribution in [2.75, 3.05) is 25.7 Å². The van der Waals surface area contributed by atoms with Crippen LogP contribution in [0.5, 0.6) is 5.75 Å². The zero-order chi connectivity index (χ0) is 21.5. The lowest BCUT2D eigenvalue weighted by Crippen LogP contribution is -2.02. The second-order valence-electron chi connectivity index (χ2n) is 6.96. The molecule has 1 aliphatic carbocycles. The summed E-state index contributed by atoms with van der Waals surface area (Å²) in [5.41, 5.74) is 15.2. The Morgan fingerprint density at radius 1 is 1.10 bits per heavy atom. The summed E-state index contributed by atoms with van der Waals surface area (Å²) >= 11 is 0. The van der Waals surface area contributed by atoms with Gasteiger partial charge in [0.15, 0.2) is 0 Å². The molecule has 0 heterocycles. The highest BCUT2D eigenvalue weighted by Crippen LogP contribution is 2.31. The second kappa shape index (κ2) is 9.69. The fraction of sp³-hybridized carbons (Fsp3) is 0.208. The quantitative estimate of drug-likeness (QED) is 0.407. The molecule has 1 unspecified atom stereocenters. The summed E-state index contributed by atoms with van der Waals surface area (Å²) < 4.78 is 16.0. The summed E-state index contributed by atoms with van der Waals surface area (Å²) in [5.74, 6) is 1.35. The van der Waals surface area contributed by atoms with Gasteiger partial charge in [0.1, 0.15) is 18.1 Å². The Balaban J connectivity index is 1.64. The average Bonchev–Trinajstić information content (AvgIpc) is 2.75. The van der Waals surface area contributed by atoms with E-state index in [1.54, 1.807) is 38.5 Å². The highest BCUT2D eigenvalue weighted by Gasteiger charge is 2.13. The van der Waals surface area contributed by atoms with Crippen molar-refractivity contribution in [1.82, 2.24) is 0 Å². The standard InChI is InChI=1S/C24H26N2O4/c1-28-22-8-5-17(6-9-22)19-4-3-18(23(13-19)29-2)7-10-24(27)30-15-16-11-20(25)14-21(26)12-16/h3-5,7-14,17H,6,15,25-26H2,1-2H3/b10-7+. The smallest absolute Gasteiger partial charge is 0.331 e. The number of methoxy groups -OCH3 is 2. The molecule has 0 radical (unpaired) electrons. The molecule has 0 aliphatic heterocycles. The van der Waals surface area contributed by atoms with Crippen molar-refractivity contribution in [1.29, 1.82) is 0 Å². The number of benzene rings is 2. The summed E-state index contributed by atoms with van der Waals surface area (Å²) in [6, 6.07) is 11.0. The number of anilines is 2. The van der Waals surface area contributed by atoms with Crippen LogP contribution in [0, 0.1) is 0 Å². The predicted octanol–water partition coefficient (Wildman–Crippen LogP) is 4.19. The number of hydrogen-bond acceptors (Lipinski definition) is 6. The van der Waals surface area contributed by atoms with Crippen LogP contribution in [0.1, 0.15) is 29.0 Å². The molecule has 30 heavy (non-hydrogen) atoms. The Labute approximate surface area is 176 Å². The number of allylic oxidation sites excluding steroid dienone is 3. The summed E-state index contributed by atoms with van der Waals surface area (Å²) in [7, 11) is 3.27. The Morgan fingerprint density at radius 2 is 1.87 bits per heavy atom. The normalized spacial score (nSPS) is 15.7. The van der Waals surface area contributed by atoms with Crippen molar-refractivity contribution in [3.05, 3.63) is 83.2 Å². The highest BCUT2D eigenvalue weighted by atomic mass is 16.5. The molecule has 0 bridgehead atoms. The topological polar surface area (TPSA) is 96.8 Å². The molecule has 0 fully saturated rings. The van der Waals surface area contributed by atoms with E-state index < -0.39 is 5.97 Å². The number of nitrogen functional groups attached to an aromatic ring is 2. The van der Waals surface area contributed by atoms with Crippen molar-refractivity contribution >= 4 is 23.4 Å². The Morgan fingerprint density at radius 3 is 2.50 bits per heavy atom. The number of ether oxygens (including phenoxy) is 3. The molecule has 2 aromatic rings. The zero-order valence-corrected chi connectivity index (χ0v) is 17.1. The number of nitrogens with two attached hydrogens (primary N) is 2. The van der Waals surface area contributed by atoms with Crippen molar-refractivity contribution in [2.24, 2.45) is 0 Å². The molecular formula is C24H26N2O4. The van der Waals surface area contributed by atoms with Crippen LogP contribution in [0.4, 0.5) is 11.4 Å². The predicted molar refractivity (Wildman–Crippen MR) is 119 cm³/mol. The maximum absolute atomic E-state index is 12.1. The molecule has 2 aromatic carbocycles. The Kier molecular flexibility index (Phi) is 6.80. The summed E-state index contributed by atoms with van der Waals surface area (Å²) in [6.07, 6.45) is 10.1. The van der Waals surface area contributed by atoms with Crippen LogP contribution >= 0.6 is 0 Å². The van der Waals surface area contributed by atoms with Crippen LogP contribution in [-0.2, 0) is 20.9 Å². The van der Waals surface area contributed by atoms with Gasteiger partial charge in [-0.2, -0.15) is 0 Å². The van der Waals surface area contributed by atoms with Gasteiger partial charge in [-0.15, -0.1) is 0 Å². The lowest BCUT2D eigenvalue weighted by molar-refractivity contribution is -0.138. The van der Waals surface area contributed by atoms with Crippen LogP contribution in [0.2, 0.25) is 0 Å². The van der Waals surface area contributed by atoms with Gasteiger partial charge in [-0.1, -0.05) is 18.2 Å². The highest BCUT2D eigenvalue weighted by molar-refractivity contribution is 5.87. The van der Waals surface area contributed by atoms with Crippen molar-refractivity contribution < 1.29 is 19.0 Å². The fourth-order valence-electron chi connectivity index (χ4n) is 3.28. The van der Waals surface area contributed by atoms with E-state index in [9.17, 15) is 4.79 Å². The minimum Gasteiger partial charge on any atom is -0.497 e. The van der Waals surface area contributed by atoms with E-state index in [1.165, 1.54) is 6.08 Å². The van der Waals surface area contributed by atoms with Crippen LogP contribution < -0.4 is 16.2 Å². The van der Waals surface area contributed by atoms with Gasteiger partial charge in [-0.25, -0.2) is 4.79 Å². The maximum atomic E-state index is 12.1. The molecule has 0 aromatic heterocycles. The van der Waals surface area contributed by atoms with Gasteiger partial charge in [-0.05, 0) is 60.0 Å². The molecule has 1 atom stereocenters. The van der Waals surface area contributed by atoms with E-state index in [1.807, 2.05) is 24.3 Å². The summed E-state index contributed by atoms with van der Waals surface area (Å²) in [6.45, 7) is 0.0967. The Bertz CT molecular complexity index is 988. The molecule has 0 saturated heterocycles. The van der Waals surface area contributed by atoms with Gasteiger partial charge in [0, 0.05) is 28.9 Å². The molecule has 6 heteroatoms. The number of esters is 1. The molecule has 6 nitrogen and oxygen atoms in total. The molecule has 0 saturated carbocycles. The van der Waals surface area contributed by atoms with Crippen molar-refractivity contribution in [3.63, 3.8) is 0 Å². The number of carbonyl (C=O) groups excluding carboxylic acids is 1. The SMILES string of the molecule is COC1=CCC(c2ccc(/C=C/C(=O)OCc3cc(N)cc(N)c3)c(OC)c2)C=C1. The third-order valence-corrected chi connectivity index (χ3v) is 4.80. The van der Waals surface area contributed by atoms with E-state index in [2.05, 4.69) is 12.2 Å². The molecule has 0 amide bonds. The first kappa shape index (κ1) is 21.0. The molecule has 1 aliphatic rings. The number of hydrogen-bond donors (Lipinski definition) is 2. The summed E-state index contributed by atoms with van der Waals surface area (Å²) in [4.78, 5) is 12.1. The van der Waals surface area contributed by atoms with E-state index in [0.717, 1.165) is 28.9 Å². The van der Waals surface area contributed by atoms with Gasteiger partial charge < -0.3 is 25.7 Å². The third-order valence-electron chi connectivity index (χ3n) is 4.80. The van der Waals surface area contributed by atoms with Gasteiger partial charge in [-0.3, -0.25) is 0 Å². The molecule has 3 rings (SSSR count). The van der Waals surface area contributed by atoms with Crippen molar-refractivity contribution in [2.45, 2.75) is 18.9 Å². The largest absolute Gasteiger partial charge is 0.497 e. The number of carbonyl (C=O) groups is 1. The molecule has 156 valence electrons. The van der Waals surface area contributed by atoms with E-state index in [4.69, 9.17) is 25.7 Å². The zero-order valence-electron chi connectivity index (χ0n) is 17.1. The molecule has 0 spiro atoms. The summed E-state index contributed by atoms with van der Waals surface area (Å²) in [5, 5.41) is 0. The third kappa shape index (κ3) is 5.44. The van der Waals surface area contributed by atoms with Gasteiger partial charge in [0.2, 0.25) is 0 Å². The monoisotopic (exact) mass is 406 g/mol.